The quantitative estimate of drug-likeness (QED) is 0.242. The van der Waals surface area contributed by atoms with E-state index in [0.717, 1.165) is 10.9 Å². The Labute approximate surface area is 324 Å². The number of nitrogens with zero attached hydrogens (tertiary/aromatic N) is 2. The zero-order valence-electron chi connectivity index (χ0n) is 33.7. The van der Waals surface area contributed by atoms with E-state index in [-0.39, 0.29) is 37.4 Å². The molecule has 0 unspecified atom stereocenters. The number of esters is 1. The standard InChI is InChI=1S/C42H57N3O10/c1-11-32-42(8)36(44-40(50)55-42)25(4)33(46)23(2)21-41(7,51-18-14-15-28-20-29-16-12-13-17-30(29)43-22-28)37(26(5)34(47)27(6)38(49)53-32)54-39-35(48)31(45(9)10)19-24(3)52-39/h12-13,16-17,20,22-27,31-32,35-37,39,48H,11,18-19,21H2,1-10H3,(H,44,50)/t23-,24-,25+,26+,27-,31+,32-,35-,36-,37-,39+,41+,42-/m1/s1. The highest BCUT2D eigenvalue weighted by Crippen LogP contribution is 2.40. The summed E-state index contributed by atoms with van der Waals surface area (Å²) in [6.07, 6.45) is -2.83. The molecule has 3 aliphatic rings. The monoisotopic (exact) mass is 763 g/mol. The van der Waals surface area contributed by atoms with Crippen LogP contribution in [-0.4, -0.2) is 113 Å². The Balaban J connectivity index is 1.57. The largest absolute Gasteiger partial charge is 0.458 e. The number of aliphatic hydroxyl groups is 1. The number of ketones is 2. The van der Waals surface area contributed by atoms with E-state index in [1.807, 2.05) is 56.3 Å². The molecule has 0 aliphatic carbocycles. The van der Waals surface area contributed by atoms with Gasteiger partial charge in [-0.3, -0.25) is 19.4 Å². The van der Waals surface area contributed by atoms with Gasteiger partial charge in [-0.1, -0.05) is 57.7 Å². The maximum atomic E-state index is 14.4. The predicted octanol–water partition coefficient (Wildman–Crippen LogP) is 4.45. The number of fused-ring (bicyclic) bond motifs is 2. The average Bonchev–Trinajstić information content (AvgIpc) is 3.47. The van der Waals surface area contributed by atoms with Crippen LogP contribution in [0.25, 0.3) is 10.9 Å². The molecule has 13 nitrogen and oxygen atoms in total. The number of nitrogens with one attached hydrogen (secondary N) is 1. The first-order valence-corrected chi connectivity index (χ1v) is 19.3. The number of carbonyl (C=O) groups is 4. The molecule has 13 heteroatoms. The predicted molar refractivity (Wildman–Crippen MR) is 204 cm³/mol. The number of pyridine rings is 1. The molecule has 5 rings (SSSR count). The maximum absolute atomic E-state index is 14.4. The third kappa shape index (κ3) is 8.89. The highest BCUT2D eigenvalue weighted by Gasteiger charge is 2.57. The van der Waals surface area contributed by atoms with E-state index in [0.29, 0.717) is 12.0 Å². The third-order valence-electron chi connectivity index (χ3n) is 11.8. The zero-order chi connectivity index (χ0) is 40.4. The van der Waals surface area contributed by atoms with Crippen LogP contribution in [0.1, 0.15) is 80.2 Å². The summed E-state index contributed by atoms with van der Waals surface area (Å²) >= 11 is 0. The molecule has 0 spiro atoms. The van der Waals surface area contributed by atoms with Crippen LogP contribution in [0.15, 0.2) is 36.5 Å². The van der Waals surface area contributed by atoms with E-state index >= 15 is 0 Å². The molecule has 0 saturated carbocycles. The maximum Gasteiger partial charge on any atom is 0.408 e. The van der Waals surface area contributed by atoms with Crippen molar-refractivity contribution in [2.45, 2.75) is 129 Å². The number of cyclic esters (lactones) is 1. The average molecular weight is 764 g/mol. The van der Waals surface area contributed by atoms with Crippen molar-refractivity contribution in [2.24, 2.45) is 23.7 Å². The summed E-state index contributed by atoms with van der Waals surface area (Å²) in [6.45, 7) is 13.6. The second-order valence-electron chi connectivity index (χ2n) is 16.2. The van der Waals surface area contributed by atoms with E-state index in [9.17, 15) is 24.3 Å². The van der Waals surface area contributed by atoms with Crippen molar-refractivity contribution in [1.29, 1.82) is 0 Å². The first-order valence-electron chi connectivity index (χ1n) is 19.3. The van der Waals surface area contributed by atoms with Crippen LogP contribution in [0, 0.1) is 35.5 Å². The van der Waals surface area contributed by atoms with Crippen molar-refractivity contribution in [1.82, 2.24) is 15.2 Å². The lowest BCUT2D eigenvalue weighted by Gasteiger charge is -2.47. The fraction of sp³-hybridized carbons (Fsp3) is 0.643. The lowest BCUT2D eigenvalue weighted by Crippen LogP contribution is -2.60. The van der Waals surface area contributed by atoms with Crippen LogP contribution in [-0.2, 0) is 38.1 Å². The number of aliphatic hydroxyl groups excluding tert-OH is 1. The summed E-state index contributed by atoms with van der Waals surface area (Å²) in [7, 11) is 3.73. The van der Waals surface area contributed by atoms with E-state index < -0.39 is 83.4 Å². The number of carbonyl (C=O) groups excluding carboxylic acids is 4. The molecule has 55 heavy (non-hydrogen) atoms. The summed E-state index contributed by atoms with van der Waals surface area (Å²) in [5, 5.41) is 15.3. The molecule has 3 saturated heterocycles. The minimum absolute atomic E-state index is 0.0570. The smallest absolute Gasteiger partial charge is 0.408 e. The molecule has 2 aromatic rings. The molecule has 300 valence electrons. The normalized spacial score (nSPS) is 37.6. The first-order chi connectivity index (χ1) is 25.9. The van der Waals surface area contributed by atoms with Crippen LogP contribution in [0.4, 0.5) is 4.79 Å². The number of para-hydroxylation sites is 1. The van der Waals surface area contributed by atoms with Gasteiger partial charge in [0.25, 0.3) is 0 Å². The topological polar surface area (TPSA) is 163 Å². The van der Waals surface area contributed by atoms with Crippen LogP contribution in [0.5, 0.6) is 0 Å². The summed E-state index contributed by atoms with van der Waals surface area (Å²) < 4.78 is 31.2. The van der Waals surface area contributed by atoms with Gasteiger partial charge < -0.3 is 39.0 Å². The molecule has 2 N–H and O–H groups in total. The SMILES string of the molecule is CC[C@H]1OC(=O)[C@H](C)C(=O)[C@H](C)[C@@H](O[C@@H]2O[C@H](C)C[C@H](N(C)C)[C@H]2O)[C@@](C)(OCC#Cc2cnc3ccccc3c2)C[C@@H](C)C(=O)[C@H](C)[C@H]2NC(=O)O[C@@]21C. The number of rotatable bonds is 6. The number of hydrogen-bond donors (Lipinski definition) is 2. The minimum atomic E-state index is -1.41. The number of aromatic nitrogens is 1. The van der Waals surface area contributed by atoms with E-state index in [1.165, 1.54) is 6.92 Å². The van der Waals surface area contributed by atoms with Gasteiger partial charge in [-0.2, -0.15) is 0 Å². The minimum Gasteiger partial charge on any atom is -0.458 e. The molecule has 3 fully saturated rings. The lowest BCUT2D eigenvalue weighted by molar-refractivity contribution is -0.296. The second-order valence-corrected chi connectivity index (χ2v) is 16.2. The molecular weight excluding hydrogens is 706 g/mol. The number of Topliss-reactive ketones (excluding diaryl/α,β-unsaturated/α-hetero) is 2. The van der Waals surface area contributed by atoms with Gasteiger partial charge >= 0.3 is 12.1 Å². The molecule has 0 bridgehead atoms. The van der Waals surface area contributed by atoms with Crippen LogP contribution in [0.2, 0.25) is 0 Å². The summed E-state index contributed by atoms with van der Waals surface area (Å²) in [4.78, 5) is 61.7. The van der Waals surface area contributed by atoms with Gasteiger partial charge in [0.15, 0.2) is 17.7 Å². The Bertz CT molecular complexity index is 1810. The lowest BCUT2D eigenvalue weighted by atomic mass is 9.73. The Kier molecular flexibility index (Phi) is 13.1. The van der Waals surface area contributed by atoms with Gasteiger partial charge in [0.1, 0.15) is 30.5 Å². The number of ether oxygens (including phenoxy) is 5. The van der Waals surface area contributed by atoms with Crippen molar-refractivity contribution in [3.8, 4) is 11.8 Å². The molecule has 1 aromatic heterocycles. The van der Waals surface area contributed by atoms with E-state index in [4.69, 9.17) is 23.7 Å². The van der Waals surface area contributed by atoms with Gasteiger partial charge in [-0.15, -0.1) is 0 Å². The second kappa shape index (κ2) is 17.1. The van der Waals surface area contributed by atoms with Crippen LogP contribution < -0.4 is 5.32 Å². The fourth-order valence-corrected chi connectivity index (χ4v) is 8.61. The van der Waals surface area contributed by atoms with Crippen molar-refractivity contribution >= 4 is 34.5 Å². The Hall–Kier alpha value is -3.93. The number of benzene rings is 1. The van der Waals surface area contributed by atoms with Gasteiger partial charge in [-0.05, 0) is 73.2 Å². The molecule has 0 radical (unpaired) electrons. The van der Waals surface area contributed by atoms with Crippen molar-refractivity contribution in [3.63, 3.8) is 0 Å². The van der Waals surface area contributed by atoms with Crippen molar-refractivity contribution in [3.05, 3.63) is 42.1 Å². The van der Waals surface area contributed by atoms with Gasteiger partial charge in [0.2, 0.25) is 0 Å². The molecule has 4 heterocycles. The van der Waals surface area contributed by atoms with E-state index in [2.05, 4.69) is 22.1 Å². The number of alkyl carbamates (subject to hydrolysis) is 1. The van der Waals surface area contributed by atoms with Crippen molar-refractivity contribution < 1.29 is 48.0 Å². The Morgan fingerprint density at radius 3 is 2.44 bits per heavy atom. The van der Waals surface area contributed by atoms with Gasteiger partial charge in [-0.25, -0.2) is 4.79 Å². The Morgan fingerprint density at radius 2 is 1.75 bits per heavy atom. The van der Waals surface area contributed by atoms with Crippen LogP contribution in [0.3, 0.4) is 0 Å². The molecule has 1 aromatic carbocycles. The molecule has 1 amide bonds. The molecular formula is C42H57N3O10. The number of likely N-dealkylation sites (N-methyl/N-ethyl adjacent to an activating group) is 1. The zero-order valence-corrected chi connectivity index (χ0v) is 33.7. The Morgan fingerprint density at radius 1 is 1.04 bits per heavy atom. The summed E-state index contributed by atoms with van der Waals surface area (Å²) in [5.41, 5.74) is -1.28. The number of hydrogen-bond acceptors (Lipinski definition) is 12. The van der Waals surface area contributed by atoms with E-state index in [1.54, 1.807) is 47.7 Å². The highest BCUT2D eigenvalue weighted by atomic mass is 16.7. The summed E-state index contributed by atoms with van der Waals surface area (Å²) in [6, 6.07) is 8.49. The third-order valence-corrected chi connectivity index (χ3v) is 11.8. The molecule has 13 atom stereocenters. The fourth-order valence-electron chi connectivity index (χ4n) is 8.61. The first kappa shape index (κ1) is 42.2. The van der Waals surface area contributed by atoms with Crippen LogP contribution >= 0.6 is 0 Å². The van der Waals surface area contributed by atoms with Gasteiger partial charge in [0.05, 0.1) is 29.4 Å². The summed E-state index contributed by atoms with van der Waals surface area (Å²) in [5.74, 6) is 0.939. The molecule has 3 aliphatic heterocycles. The van der Waals surface area contributed by atoms with Gasteiger partial charge in [0, 0.05) is 40.9 Å². The number of amides is 1. The highest BCUT2D eigenvalue weighted by molar-refractivity contribution is 6.00. The van der Waals surface area contributed by atoms with Crippen molar-refractivity contribution in [2.75, 3.05) is 20.7 Å².